The molecule has 114 valence electrons. The van der Waals surface area contributed by atoms with Crippen LogP contribution in [0.1, 0.15) is 23.5 Å². The number of nitrogens with one attached hydrogen (secondary N) is 1. The summed E-state index contributed by atoms with van der Waals surface area (Å²) in [7, 11) is 2.96. The van der Waals surface area contributed by atoms with Gasteiger partial charge in [-0.3, -0.25) is 18.7 Å². The first kappa shape index (κ1) is 14.6. The fourth-order valence-corrected chi connectivity index (χ4v) is 3.01. The first-order valence-electron chi connectivity index (χ1n) is 6.75. The molecule has 1 aliphatic heterocycles. The summed E-state index contributed by atoms with van der Waals surface area (Å²) in [5.41, 5.74) is 0.310. The van der Waals surface area contributed by atoms with Crippen molar-refractivity contribution in [1.82, 2.24) is 9.13 Å². The number of halogens is 1. The van der Waals surface area contributed by atoms with Crippen LogP contribution in [0.25, 0.3) is 0 Å². The number of fused-ring (bicyclic) bond motifs is 1. The minimum absolute atomic E-state index is 0.140. The molecule has 1 N–H and O–H groups in total. The summed E-state index contributed by atoms with van der Waals surface area (Å²) in [6.07, 6.45) is 0.140. The summed E-state index contributed by atoms with van der Waals surface area (Å²) in [6.45, 7) is 0. The predicted octanol–water partition coefficient (Wildman–Crippen LogP) is 1.21. The summed E-state index contributed by atoms with van der Waals surface area (Å²) in [4.78, 5) is 36.5. The van der Waals surface area contributed by atoms with Crippen LogP contribution in [0.5, 0.6) is 0 Å². The van der Waals surface area contributed by atoms with Gasteiger partial charge >= 0.3 is 5.69 Å². The lowest BCUT2D eigenvalue weighted by Gasteiger charge is -2.27. The Labute approximate surface area is 131 Å². The monoisotopic (exact) mass is 319 g/mol. The Morgan fingerprint density at radius 2 is 1.91 bits per heavy atom. The van der Waals surface area contributed by atoms with Crippen LogP contribution in [0.4, 0.5) is 5.82 Å². The van der Waals surface area contributed by atoms with E-state index in [9.17, 15) is 14.4 Å². The molecule has 2 heterocycles. The van der Waals surface area contributed by atoms with Gasteiger partial charge in [-0.05, 0) is 17.7 Å². The lowest BCUT2D eigenvalue weighted by molar-refractivity contribution is -0.116. The Balaban J connectivity index is 2.33. The summed E-state index contributed by atoms with van der Waals surface area (Å²) in [6, 6.07) is 7.06. The highest BCUT2D eigenvalue weighted by atomic mass is 35.5. The predicted molar refractivity (Wildman–Crippen MR) is 83.5 cm³/mol. The molecular weight excluding hydrogens is 306 g/mol. The molecule has 1 amide bonds. The van der Waals surface area contributed by atoms with Crippen molar-refractivity contribution in [3.05, 3.63) is 61.3 Å². The molecule has 0 saturated heterocycles. The van der Waals surface area contributed by atoms with Crippen LogP contribution >= 0.6 is 11.6 Å². The Morgan fingerprint density at radius 3 is 2.59 bits per heavy atom. The van der Waals surface area contributed by atoms with Crippen molar-refractivity contribution in [2.45, 2.75) is 12.3 Å². The molecule has 1 aromatic heterocycles. The van der Waals surface area contributed by atoms with Crippen molar-refractivity contribution in [2.75, 3.05) is 5.32 Å². The largest absolute Gasteiger partial charge is 0.332 e. The van der Waals surface area contributed by atoms with Gasteiger partial charge < -0.3 is 5.32 Å². The van der Waals surface area contributed by atoms with Gasteiger partial charge in [0.25, 0.3) is 5.56 Å². The average molecular weight is 320 g/mol. The van der Waals surface area contributed by atoms with E-state index in [2.05, 4.69) is 5.32 Å². The smallest absolute Gasteiger partial charge is 0.312 e. The Bertz CT molecular complexity index is 898. The summed E-state index contributed by atoms with van der Waals surface area (Å²) in [5, 5.41) is 3.16. The van der Waals surface area contributed by atoms with E-state index in [1.165, 1.54) is 18.7 Å². The van der Waals surface area contributed by atoms with E-state index in [-0.39, 0.29) is 18.1 Å². The van der Waals surface area contributed by atoms with Gasteiger partial charge in [0.15, 0.2) is 0 Å². The fraction of sp³-hybridized carbons (Fsp3) is 0.267. The van der Waals surface area contributed by atoms with Crippen LogP contribution in [0, 0.1) is 0 Å². The number of anilines is 1. The van der Waals surface area contributed by atoms with Crippen molar-refractivity contribution >= 4 is 23.3 Å². The van der Waals surface area contributed by atoms with Gasteiger partial charge in [0.1, 0.15) is 5.82 Å². The molecular formula is C15H14ClN3O3. The number of hydrogen-bond donors (Lipinski definition) is 1. The highest BCUT2D eigenvalue weighted by Crippen LogP contribution is 2.34. The normalized spacial score (nSPS) is 17.0. The molecule has 0 radical (unpaired) electrons. The molecule has 0 aliphatic carbocycles. The molecule has 7 heteroatoms. The zero-order chi connectivity index (χ0) is 16.0. The maximum Gasteiger partial charge on any atom is 0.332 e. The van der Waals surface area contributed by atoms with Gasteiger partial charge in [-0.1, -0.05) is 23.7 Å². The molecule has 1 aliphatic rings. The Kier molecular flexibility index (Phi) is 3.41. The minimum atomic E-state index is -0.476. The van der Waals surface area contributed by atoms with Crippen LogP contribution in [-0.4, -0.2) is 15.0 Å². The lowest BCUT2D eigenvalue weighted by Crippen LogP contribution is -2.44. The molecule has 6 nitrogen and oxygen atoms in total. The first-order valence-corrected chi connectivity index (χ1v) is 7.13. The lowest BCUT2D eigenvalue weighted by atomic mass is 9.87. The maximum absolute atomic E-state index is 12.5. The third-order valence-corrected chi connectivity index (χ3v) is 4.18. The second-order valence-electron chi connectivity index (χ2n) is 5.33. The average Bonchev–Trinajstić information content (AvgIpc) is 2.50. The number of amides is 1. The highest BCUT2D eigenvalue weighted by Gasteiger charge is 2.32. The highest BCUT2D eigenvalue weighted by molar-refractivity contribution is 6.30. The maximum atomic E-state index is 12.5. The van der Waals surface area contributed by atoms with Crippen LogP contribution in [0.2, 0.25) is 5.02 Å². The summed E-state index contributed by atoms with van der Waals surface area (Å²) >= 11 is 6.02. The molecule has 1 unspecified atom stereocenters. The van der Waals surface area contributed by atoms with Crippen LogP contribution < -0.4 is 16.6 Å². The van der Waals surface area contributed by atoms with Gasteiger partial charge in [-0.15, -0.1) is 0 Å². The standard InChI is InChI=1S/C15H14ClN3O3/c1-18-13-12(14(21)19(2)15(18)22)10(7-11(20)17-13)8-4-3-5-9(16)6-8/h3-6,10H,7H2,1-2H3,(H,17,20). The van der Waals surface area contributed by atoms with Gasteiger partial charge in [-0.2, -0.15) is 0 Å². The van der Waals surface area contributed by atoms with Gasteiger partial charge in [0, 0.05) is 31.5 Å². The number of carbonyl (C=O) groups excluding carboxylic acids is 1. The number of hydrogen-bond acceptors (Lipinski definition) is 3. The molecule has 0 spiro atoms. The molecule has 0 fully saturated rings. The molecule has 1 aromatic carbocycles. The fourth-order valence-electron chi connectivity index (χ4n) is 2.81. The van der Waals surface area contributed by atoms with Crippen molar-refractivity contribution < 1.29 is 4.79 Å². The number of rotatable bonds is 1. The van der Waals surface area contributed by atoms with Crippen molar-refractivity contribution in [3.8, 4) is 0 Å². The summed E-state index contributed by atoms with van der Waals surface area (Å²) < 4.78 is 2.33. The molecule has 1 atom stereocenters. The molecule has 3 rings (SSSR count). The second-order valence-corrected chi connectivity index (χ2v) is 5.76. The third kappa shape index (κ3) is 2.16. The van der Waals surface area contributed by atoms with E-state index in [1.54, 1.807) is 18.2 Å². The SMILES string of the molecule is Cn1c2c(c(=O)n(C)c1=O)C(c1cccc(Cl)c1)CC(=O)N2. The van der Waals surface area contributed by atoms with E-state index in [0.29, 0.717) is 10.6 Å². The van der Waals surface area contributed by atoms with Crippen molar-refractivity contribution in [2.24, 2.45) is 14.1 Å². The van der Waals surface area contributed by atoms with Gasteiger partial charge in [-0.25, -0.2) is 4.79 Å². The third-order valence-electron chi connectivity index (χ3n) is 3.95. The number of nitrogens with zero attached hydrogens (tertiary/aromatic N) is 2. The van der Waals surface area contributed by atoms with Gasteiger partial charge in [0.2, 0.25) is 5.91 Å². The van der Waals surface area contributed by atoms with E-state index >= 15 is 0 Å². The van der Waals surface area contributed by atoms with E-state index in [1.807, 2.05) is 6.07 Å². The van der Waals surface area contributed by atoms with E-state index in [0.717, 1.165) is 10.1 Å². The van der Waals surface area contributed by atoms with Crippen LogP contribution in [0.3, 0.4) is 0 Å². The Hall–Kier alpha value is -2.34. The Morgan fingerprint density at radius 1 is 1.18 bits per heavy atom. The van der Waals surface area contributed by atoms with Crippen molar-refractivity contribution in [3.63, 3.8) is 0 Å². The topological polar surface area (TPSA) is 73.1 Å². The van der Waals surface area contributed by atoms with E-state index < -0.39 is 17.2 Å². The van der Waals surface area contributed by atoms with Crippen LogP contribution in [-0.2, 0) is 18.9 Å². The van der Waals surface area contributed by atoms with E-state index in [4.69, 9.17) is 11.6 Å². The first-order chi connectivity index (χ1) is 10.4. The number of carbonyl (C=O) groups is 1. The second kappa shape index (κ2) is 5.14. The van der Waals surface area contributed by atoms with Crippen LogP contribution in [0.15, 0.2) is 33.9 Å². The zero-order valence-corrected chi connectivity index (χ0v) is 12.8. The minimum Gasteiger partial charge on any atom is -0.312 e. The molecule has 2 aromatic rings. The molecule has 22 heavy (non-hydrogen) atoms. The summed E-state index contributed by atoms with van der Waals surface area (Å²) in [5.74, 6) is -0.400. The quantitative estimate of drug-likeness (QED) is 0.858. The molecule has 0 saturated carbocycles. The zero-order valence-electron chi connectivity index (χ0n) is 12.1. The number of benzene rings is 1. The number of aromatic nitrogens is 2. The molecule has 0 bridgehead atoms. The van der Waals surface area contributed by atoms with Gasteiger partial charge in [0.05, 0.1) is 5.56 Å². The van der Waals surface area contributed by atoms with Crippen molar-refractivity contribution in [1.29, 1.82) is 0 Å².